The van der Waals surface area contributed by atoms with E-state index in [4.69, 9.17) is 0 Å². The van der Waals surface area contributed by atoms with Crippen LogP contribution in [0.5, 0.6) is 0 Å². The maximum atomic E-state index is 11.7. The normalized spacial score (nSPS) is 15.4. The Morgan fingerprint density at radius 2 is 2.04 bits per heavy atom. The summed E-state index contributed by atoms with van der Waals surface area (Å²) in [5.74, 6) is 0.841. The average Bonchev–Trinajstić information content (AvgIpc) is 3.46. The number of halogens is 1. The monoisotopic (exact) mass is 430 g/mol. The van der Waals surface area contributed by atoms with E-state index in [1.54, 1.807) is 23.7 Å². The third-order valence-electron chi connectivity index (χ3n) is 5.13. The van der Waals surface area contributed by atoms with Gasteiger partial charge in [-0.25, -0.2) is 0 Å². The molecule has 0 radical (unpaired) electrons. The summed E-state index contributed by atoms with van der Waals surface area (Å²) in [5.41, 5.74) is 1.67. The second kappa shape index (κ2) is 9.22. The first-order chi connectivity index (χ1) is 13.1. The minimum atomic E-state index is 0.0604. The van der Waals surface area contributed by atoms with Gasteiger partial charge in [0.2, 0.25) is 5.56 Å². The van der Waals surface area contributed by atoms with E-state index in [0.717, 1.165) is 42.9 Å². The molecule has 0 unspecified atom stereocenters. The predicted molar refractivity (Wildman–Crippen MR) is 114 cm³/mol. The van der Waals surface area contributed by atoms with Crippen molar-refractivity contribution in [1.29, 1.82) is 0 Å². The molecule has 0 atom stereocenters. The minimum Gasteiger partial charge on any atom is -0.356 e. The fourth-order valence-electron chi connectivity index (χ4n) is 3.27. The number of benzene rings is 1. The first kappa shape index (κ1) is 19.7. The van der Waals surface area contributed by atoms with Crippen LogP contribution in [0.25, 0.3) is 0 Å². The summed E-state index contributed by atoms with van der Waals surface area (Å²) in [7, 11) is 1.80. The third kappa shape index (κ3) is 5.45. The molecule has 2 aromatic rings. The summed E-state index contributed by atoms with van der Waals surface area (Å²) in [6.45, 7) is 2.48. The number of aryl methyl sites for hydroxylation is 1. The Bertz CT molecular complexity index is 842. The van der Waals surface area contributed by atoms with Gasteiger partial charge in [-0.2, -0.15) is 0 Å². The van der Waals surface area contributed by atoms with Gasteiger partial charge in [-0.15, -0.1) is 0 Å². The summed E-state index contributed by atoms with van der Waals surface area (Å²) in [4.78, 5) is 16.0. The van der Waals surface area contributed by atoms with E-state index < -0.39 is 0 Å². The van der Waals surface area contributed by atoms with Gasteiger partial charge >= 0.3 is 0 Å². The fourth-order valence-corrected chi connectivity index (χ4v) is 3.67. The van der Waals surface area contributed by atoms with Crippen molar-refractivity contribution in [2.24, 2.45) is 4.99 Å². The van der Waals surface area contributed by atoms with E-state index in [9.17, 15) is 4.79 Å². The van der Waals surface area contributed by atoms with E-state index >= 15 is 0 Å². The number of aliphatic imine (C=N–C) groups is 1. The number of rotatable bonds is 8. The van der Waals surface area contributed by atoms with E-state index in [2.05, 4.69) is 55.8 Å². The molecule has 5 nitrogen and oxygen atoms in total. The molecule has 27 heavy (non-hydrogen) atoms. The average molecular weight is 431 g/mol. The quantitative estimate of drug-likeness (QED) is 0.383. The van der Waals surface area contributed by atoms with Crippen molar-refractivity contribution in [1.82, 2.24) is 15.2 Å². The van der Waals surface area contributed by atoms with Crippen LogP contribution >= 0.6 is 15.9 Å². The van der Waals surface area contributed by atoms with Crippen LogP contribution in [0.1, 0.15) is 31.2 Å². The number of nitrogens with zero attached hydrogens (tertiary/aromatic N) is 2. The van der Waals surface area contributed by atoms with Gasteiger partial charge in [-0.1, -0.05) is 34.1 Å². The molecule has 1 fully saturated rings. The topological polar surface area (TPSA) is 58.4 Å². The van der Waals surface area contributed by atoms with Gasteiger partial charge in [-0.05, 0) is 49.4 Å². The van der Waals surface area contributed by atoms with Gasteiger partial charge in [0.15, 0.2) is 5.96 Å². The number of hydrogen-bond acceptors (Lipinski definition) is 2. The van der Waals surface area contributed by atoms with Gasteiger partial charge in [-0.3, -0.25) is 9.79 Å². The highest BCUT2D eigenvalue weighted by Crippen LogP contribution is 2.48. The largest absolute Gasteiger partial charge is 0.356 e. The Kier molecular flexibility index (Phi) is 6.72. The Morgan fingerprint density at radius 3 is 2.74 bits per heavy atom. The lowest BCUT2D eigenvalue weighted by Crippen LogP contribution is -2.41. The highest BCUT2D eigenvalue weighted by molar-refractivity contribution is 9.10. The second-order valence-corrected chi connectivity index (χ2v) is 8.00. The van der Waals surface area contributed by atoms with Gasteiger partial charge in [0.25, 0.3) is 0 Å². The van der Waals surface area contributed by atoms with Crippen LogP contribution in [0, 0.1) is 0 Å². The van der Waals surface area contributed by atoms with Gasteiger partial charge in [0.05, 0.1) is 0 Å². The van der Waals surface area contributed by atoms with E-state index in [0.29, 0.717) is 0 Å². The zero-order valence-corrected chi connectivity index (χ0v) is 17.3. The van der Waals surface area contributed by atoms with Crippen LogP contribution in [0.3, 0.4) is 0 Å². The highest BCUT2D eigenvalue weighted by atomic mass is 79.9. The van der Waals surface area contributed by atoms with Crippen LogP contribution in [-0.4, -0.2) is 30.7 Å². The lowest BCUT2D eigenvalue weighted by molar-refractivity contribution is 0.582. The summed E-state index contributed by atoms with van der Waals surface area (Å²) < 4.78 is 2.88. The lowest BCUT2D eigenvalue weighted by atomic mass is 9.96. The molecular weight excluding hydrogens is 404 g/mol. The van der Waals surface area contributed by atoms with Crippen molar-refractivity contribution >= 4 is 21.9 Å². The van der Waals surface area contributed by atoms with Crippen LogP contribution in [-0.2, 0) is 12.0 Å². The summed E-state index contributed by atoms with van der Waals surface area (Å²) in [6.07, 6.45) is 6.19. The molecule has 1 aliphatic carbocycles. The summed E-state index contributed by atoms with van der Waals surface area (Å²) >= 11 is 3.57. The smallest absolute Gasteiger partial charge is 0.250 e. The van der Waals surface area contributed by atoms with E-state index in [-0.39, 0.29) is 11.0 Å². The highest BCUT2D eigenvalue weighted by Gasteiger charge is 2.44. The van der Waals surface area contributed by atoms with E-state index in [1.807, 2.05) is 12.3 Å². The van der Waals surface area contributed by atoms with Crippen LogP contribution in [0.15, 0.2) is 62.9 Å². The summed E-state index contributed by atoms with van der Waals surface area (Å²) in [6, 6.07) is 13.9. The molecule has 3 rings (SSSR count). The fraction of sp³-hybridized carbons (Fsp3) is 0.429. The Balaban J connectivity index is 1.40. The van der Waals surface area contributed by atoms with E-state index in [1.165, 1.54) is 18.4 Å². The Hall–Kier alpha value is -2.08. The maximum absolute atomic E-state index is 11.7. The number of pyridine rings is 1. The van der Waals surface area contributed by atoms with Crippen LogP contribution in [0.2, 0.25) is 0 Å². The number of hydrogen-bond donors (Lipinski definition) is 2. The zero-order chi connectivity index (χ0) is 19.1. The van der Waals surface area contributed by atoms with Gasteiger partial charge in [0, 0.05) is 48.8 Å². The minimum absolute atomic E-state index is 0.0604. The van der Waals surface area contributed by atoms with Crippen molar-refractivity contribution in [2.75, 3.05) is 20.1 Å². The van der Waals surface area contributed by atoms with Crippen molar-refractivity contribution in [3.05, 3.63) is 69.1 Å². The number of nitrogens with one attached hydrogen (secondary N) is 2. The van der Waals surface area contributed by atoms with Crippen LogP contribution < -0.4 is 16.2 Å². The van der Waals surface area contributed by atoms with Crippen molar-refractivity contribution in [3.63, 3.8) is 0 Å². The molecule has 1 aromatic heterocycles. The van der Waals surface area contributed by atoms with Crippen molar-refractivity contribution in [3.8, 4) is 0 Å². The van der Waals surface area contributed by atoms with Gasteiger partial charge in [0.1, 0.15) is 0 Å². The Morgan fingerprint density at radius 1 is 1.19 bits per heavy atom. The molecule has 0 bridgehead atoms. The molecule has 1 aromatic carbocycles. The second-order valence-electron chi connectivity index (χ2n) is 7.08. The summed E-state index contributed by atoms with van der Waals surface area (Å²) in [5, 5.41) is 6.85. The first-order valence-electron chi connectivity index (χ1n) is 9.49. The van der Waals surface area contributed by atoms with Crippen molar-refractivity contribution < 1.29 is 0 Å². The lowest BCUT2D eigenvalue weighted by Gasteiger charge is -2.19. The number of unbranched alkanes of at least 4 members (excludes halogenated alkanes) is 1. The molecule has 0 spiro atoms. The molecule has 1 heterocycles. The van der Waals surface area contributed by atoms with Crippen LogP contribution in [0.4, 0.5) is 0 Å². The molecule has 6 heteroatoms. The molecule has 0 saturated heterocycles. The number of aromatic nitrogens is 1. The van der Waals surface area contributed by atoms with Gasteiger partial charge < -0.3 is 15.2 Å². The third-order valence-corrected chi connectivity index (χ3v) is 5.62. The number of guanidine groups is 1. The first-order valence-corrected chi connectivity index (χ1v) is 10.3. The zero-order valence-electron chi connectivity index (χ0n) is 15.7. The predicted octanol–water partition coefficient (Wildman–Crippen LogP) is 3.29. The standard InChI is InChI=1S/C21H27BrN4O/c1-23-20(24-12-3-5-14-26-13-4-2-9-19(26)27)25-16-21(10-11-21)17-7-6-8-18(22)15-17/h2,4,6-9,13,15H,3,5,10-12,14,16H2,1H3,(H2,23,24,25). The molecule has 144 valence electrons. The van der Waals surface area contributed by atoms with Crippen molar-refractivity contribution in [2.45, 2.75) is 37.6 Å². The SMILES string of the molecule is CN=C(NCCCCn1ccccc1=O)NCC1(c2cccc(Br)c2)CC1. The molecule has 1 saturated carbocycles. The maximum Gasteiger partial charge on any atom is 0.250 e. The molecule has 1 aliphatic rings. The Labute approximate surface area is 169 Å². The molecule has 2 N–H and O–H groups in total. The molecule has 0 aliphatic heterocycles. The molecular formula is C21H27BrN4O. The molecule has 0 amide bonds.